The first-order chi connectivity index (χ1) is 9.42. The Bertz CT molecular complexity index is 636. The molecule has 1 saturated heterocycles. The molecule has 2 heterocycles. The molecule has 1 fully saturated rings. The van der Waals surface area contributed by atoms with Gasteiger partial charge in [0.1, 0.15) is 5.60 Å². The number of hydrogen-bond donors (Lipinski definition) is 1. The van der Waals surface area contributed by atoms with Crippen LogP contribution in [0.2, 0.25) is 0 Å². The van der Waals surface area contributed by atoms with Crippen molar-refractivity contribution in [3.63, 3.8) is 0 Å². The number of aromatic nitrogens is 2. The Morgan fingerprint density at radius 1 is 1.40 bits per heavy atom. The molecule has 0 radical (unpaired) electrons. The summed E-state index contributed by atoms with van der Waals surface area (Å²) in [5.74, 6) is 0.391. The van der Waals surface area contributed by atoms with Gasteiger partial charge < -0.3 is 9.64 Å². The number of nitrogens with one attached hydrogen (secondary N) is 1. The Hall–Kier alpha value is -2.04. The monoisotopic (exact) mass is 273 g/mol. The minimum atomic E-state index is -0.433. The number of carbonyl (C=O) groups excluding carboxylic acids is 1. The van der Waals surface area contributed by atoms with Crippen LogP contribution in [-0.2, 0) is 4.74 Å². The van der Waals surface area contributed by atoms with Crippen molar-refractivity contribution in [1.82, 2.24) is 15.1 Å². The van der Waals surface area contributed by atoms with Crippen LogP contribution in [0.3, 0.4) is 0 Å². The second kappa shape index (κ2) is 4.51. The van der Waals surface area contributed by atoms with Gasteiger partial charge in [-0.1, -0.05) is 6.07 Å². The van der Waals surface area contributed by atoms with Gasteiger partial charge in [-0.15, -0.1) is 0 Å². The topological polar surface area (TPSA) is 58.2 Å². The highest BCUT2D eigenvalue weighted by atomic mass is 16.6. The number of rotatable bonds is 1. The van der Waals surface area contributed by atoms with E-state index >= 15 is 0 Å². The van der Waals surface area contributed by atoms with E-state index in [0.717, 1.165) is 24.0 Å². The van der Waals surface area contributed by atoms with Gasteiger partial charge in [-0.25, -0.2) is 4.79 Å². The van der Waals surface area contributed by atoms with Crippen LogP contribution in [0.15, 0.2) is 24.4 Å². The molecule has 1 aromatic carbocycles. The maximum Gasteiger partial charge on any atom is 0.410 e. The van der Waals surface area contributed by atoms with E-state index in [0.29, 0.717) is 5.92 Å². The molecule has 5 nitrogen and oxygen atoms in total. The van der Waals surface area contributed by atoms with E-state index in [1.165, 1.54) is 5.56 Å². The largest absolute Gasteiger partial charge is 0.444 e. The third kappa shape index (κ3) is 2.48. The Kier molecular flexibility index (Phi) is 2.92. The van der Waals surface area contributed by atoms with Crippen LogP contribution in [0.5, 0.6) is 0 Å². The third-order valence-corrected chi connectivity index (χ3v) is 3.47. The van der Waals surface area contributed by atoms with Crippen molar-refractivity contribution in [3.05, 3.63) is 30.0 Å². The summed E-state index contributed by atoms with van der Waals surface area (Å²) in [7, 11) is 0. The lowest BCUT2D eigenvalue weighted by Gasteiger charge is -2.40. The minimum Gasteiger partial charge on any atom is -0.444 e. The minimum absolute atomic E-state index is 0.224. The van der Waals surface area contributed by atoms with Crippen molar-refractivity contribution in [2.45, 2.75) is 32.3 Å². The lowest BCUT2D eigenvalue weighted by molar-refractivity contribution is 0.00821. The summed E-state index contributed by atoms with van der Waals surface area (Å²) in [6.07, 6.45) is 1.60. The van der Waals surface area contributed by atoms with Gasteiger partial charge in [0.15, 0.2) is 0 Å². The maximum atomic E-state index is 11.9. The van der Waals surface area contributed by atoms with Crippen molar-refractivity contribution < 1.29 is 9.53 Å². The SMILES string of the molecule is CC(C)(C)OC(=O)N1CC(c2ccc3[nH]ncc3c2)C1. The van der Waals surface area contributed by atoms with E-state index in [9.17, 15) is 4.79 Å². The Balaban J connectivity index is 1.63. The molecular weight excluding hydrogens is 254 g/mol. The second-order valence-electron chi connectivity index (χ2n) is 6.30. The van der Waals surface area contributed by atoms with Crippen LogP contribution in [-0.4, -0.2) is 39.9 Å². The smallest absolute Gasteiger partial charge is 0.410 e. The van der Waals surface area contributed by atoms with Crippen LogP contribution >= 0.6 is 0 Å². The molecule has 5 heteroatoms. The molecular formula is C15H19N3O2. The predicted molar refractivity (Wildman–Crippen MR) is 76.6 cm³/mol. The standard InChI is InChI=1S/C15H19N3O2/c1-15(2,3)20-14(19)18-8-12(9-18)10-4-5-13-11(6-10)7-16-17-13/h4-7,12H,8-9H2,1-3H3,(H,16,17). The lowest BCUT2D eigenvalue weighted by Crippen LogP contribution is -2.50. The zero-order chi connectivity index (χ0) is 14.3. The van der Waals surface area contributed by atoms with Crippen molar-refractivity contribution in [2.24, 2.45) is 0 Å². The fourth-order valence-electron chi connectivity index (χ4n) is 2.38. The molecule has 0 atom stereocenters. The molecule has 0 bridgehead atoms. The van der Waals surface area contributed by atoms with Gasteiger partial charge in [0, 0.05) is 24.4 Å². The number of benzene rings is 1. The summed E-state index contributed by atoms with van der Waals surface area (Å²) in [5, 5.41) is 8.07. The summed E-state index contributed by atoms with van der Waals surface area (Å²) in [4.78, 5) is 13.6. The number of ether oxygens (including phenoxy) is 1. The Labute approximate surface area is 117 Å². The second-order valence-corrected chi connectivity index (χ2v) is 6.30. The lowest BCUT2D eigenvalue weighted by atomic mass is 9.91. The molecule has 1 amide bonds. The highest BCUT2D eigenvalue weighted by Crippen LogP contribution is 2.30. The molecule has 20 heavy (non-hydrogen) atoms. The van der Waals surface area contributed by atoms with Gasteiger partial charge in [0.2, 0.25) is 0 Å². The van der Waals surface area contributed by atoms with Crippen LogP contribution in [0, 0.1) is 0 Å². The summed E-state index contributed by atoms with van der Waals surface area (Å²) in [6, 6.07) is 6.27. The average molecular weight is 273 g/mol. The van der Waals surface area contributed by atoms with Gasteiger partial charge in [0.05, 0.1) is 11.7 Å². The van der Waals surface area contributed by atoms with Crippen LogP contribution in [0.4, 0.5) is 4.79 Å². The quantitative estimate of drug-likeness (QED) is 0.869. The fraction of sp³-hybridized carbons (Fsp3) is 0.467. The summed E-state index contributed by atoms with van der Waals surface area (Å²) >= 11 is 0. The molecule has 0 spiro atoms. The van der Waals surface area contributed by atoms with Crippen molar-refractivity contribution >= 4 is 17.0 Å². The molecule has 1 aliphatic heterocycles. The Morgan fingerprint density at radius 3 is 2.85 bits per heavy atom. The van der Waals surface area contributed by atoms with E-state index in [-0.39, 0.29) is 6.09 Å². The number of carbonyl (C=O) groups is 1. The van der Waals surface area contributed by atoms with Crippen molar-refractivity contribution in [1.29, 1.82) is 0 Å². The molecule has 1 N–H and O–H groups in total. The fourth-order valence-corrected chi connectivity index (χ4v) is 2.38. The maximum absolute atomic E-state index is 11.9. The van der Waals surface area contributed by atoms with E-state index in [4.69, 9.17) is 4.74 Å². The van der Waals surface area contributed by atoms with Crippen LogP contribution in [0.25, 0.3) is 10.9 Å². The van der Waals surface area contributed by atoms with Gasteiger partial charge in [0.25, 0.3) is 0 Å². The van der Waals surface area contributed by atoms with Gasteiger partial charge in [-0.2, -0.15) is 5.10 Å². The molecule has 0 unspecified atom stereocenters. The first kappa shape index (κ1) is 13.0. The number of nitrogens with zero attached hydrogens (tertiary/aromatic N) is 2. The molecule has 106 valence electrons. The van der Waals surface area contributed by atoms with Crippen molar-refractivity contribution in [2.75, 3.05) is 13.1 Å². The van der Waals surface area contributed by atoms with Gasteiger partial charge in [-0.3, -0.25) is 5.10 Å². The first-order valence-corrected chi connectivity index (χ1v) is 6.83. The molecule has 3 rings (SSSR count). The summed E-state index contributed by atoms with van der Waals surface area (Å²) in [6.45, 7) is 7.09. The molecule has 0 aliphatic carbocycles. The van der Waals surface area contributed by atoms with Crippen molar-refractivity contribution in [3.8, 4) is 0 Å². The average Bonchev–Trinajstić information content (AvgIpc) is 2.71. The number of hydrogen-bond acceptors (Lipinski definition) is 3. The van der Waals surface area contributed by atoms with E-state index in [1.807, 2.05) is 33.0 Å². The highest BCUT2D eigenvalue weighted by Gasteiger charge is 2.34. The molecule has 1 aliphatic rings. The van der Waals surface area contributed by atoms with Crippen LogP contribution in [0.1, 0.15) is 32.3 Å². The highest BCUT2D eigenvalue weighted by molar-refractivity contribution is 5.79. The number of aromatic amines is 1. The zero-order valence-corrected chi connectivity index (χ0v) is 12.0. The summed E-state index contributed by atoms with van der Waals surface area (Å²) in [5.41, 5.74) is 1.86. The normalized spacial score (nSPS) is 16.2. The molecule has 0 saturated carbocycles. The van der Waals surface area contributed by atoms with E-state index in [2.05, 4.69) is 22.3 Å². The first-order valence-electron chi connectivity index (χ1n) is 6.83. The van der Waals surface area contributed by atoms with E-state index in [1.54, 1.807) is 4.90 Å². The Morgan fingerprint density at radius 2 is 2.15 bits per heavy atom. The number of amides is 1. The molecule has 1 aromatic heterocycles. The van der Waals surface area contributed by atoms with Gasteiger partial charge >= 0.3 is 6.09 Å². The molecule has 2 aromatic rings. The third-order valence-electron chi connectivity index (χ3n) is 3.47. The van der Waals surface area contributed by atoms with Crippen LogP contribution < -0.4 is 0 Å². The zero-order valence-electron chi connectivity index (χ0n) is 12.0. The van der Waals surface area contributed by atoms with E-state index < -0.39 is 5.60 Å². The predicted octanol–water partition coefficient (Wildman–Crippen LogP) is 2.90. The number of H-pyrrole nitrogens is 1. The van der Waals surface area contributed by atoms with Gasteiger partial charge in [-0.05, 0) is 38.5 Å². The number of fused-ring (bicyclic) bond motifs is 1. The summed E-state index contributed by atoms with van der Waals surface area (Å²) < 4.78 is 5.36. The number of likely N-dealkylation sites (tertiary alicyclic amines) is 1.